The summed E-state index contributed by atoms with van der Waals surface area (Å²) < 4.78 is 1.18. The Morgan fingerprint density at radius 1 is 0.531 bits per heavy atom. The maximum atomic E-state index is 11.6. The standard InChI is InChI=1S/C16H24O.C14H21Br/c1-11(17)12-8-13(15(2,3)4)10-14(9-12)16(5,6)7;1-13(2,3)10-7-11(14(4,5)6)9-12(15)8-10/h8-10H,1-7H3;7-9H,1-6H3. The fourth-order valence-corrected chi connectivity index (χ4v) is 3.65. The molecule has 0 aliphatic heterocycles. The Bertz CT molecular complexity index is 874. The molecule has 2 rings (SSSR count). The van der Waals surface area contributed by atoms with Crippen LogP contribution in [0.5, 0.6) is 0 Å². The van der Waals surface area contributed by atoms with E-state index in [0.29, 0.717) is 0 Å². The Labute approximate surface area is 206 Å². The van der Waals surface area contributed by atoms with Gasteiger partial charge in [0.25, 0.3) is 0 Å². The molecule has 0 fully saturated rings. The Morgan fingerprint density at radius 2 is 0.781 bits per heavy atom. The van der Waals surface area contributed by atoms with Crippen molar-refractivity contribution in [2.75, 3.05) is 0 Å². The van der Waals surface area contributed by atoms with Crippen LogP contribution in [0.3, 0.4) is 0 Å². The summed E-state index contributed by atoms with van der Waals surface area (Å²) in [4.78, 5) is 11.6. The van der Waals surface area contributed by atoms with Crippen molar-refractivity contribution in [2.45, 2.75) is 112 Å². The molecule has 2 heteroatoms. The van der Waals surface area contributed by atoms with Crippen molar-refractivity contribution in [3.63, 3.8) is 0 Å². The highest BCUT2D eigenvalue weighted by Gasteiger charge is 2.21. The van der Waals surface area contributed by atoms with E-state index in [1.54, 1.807) is 6.92 Å². The number of Topliss-reactive ketones (excluding diaryl/α,β-unsaturated/α-hetero) is 1. The van der Waals surface area contributed by atoms with Crippen molar-refractivity contribution >= 4 is 21.7 Å². The summed E-state index contributed by atoms with van der Waals surface area (Å²) in [7, 11) is 0. The predicted molar refractivity (Wildman–Crippen MR) is 145 cm³/mol. The average molecular weight is 502 g/mol. The van der Waals surface area contributed by atoms with Gasteiger partial charge in [-0.1, -0.05) is 111 Å². The highest BCUT2D eigenvalue weighted by Crippen LogP contribution is 2.32. The van der Waals surface area contributed by atoms with Gasteiger partial charge < -0.3 is 0 Å². The normalized spacial score (nSPS) is 12.8. The number of halogens is 1. The van der Waals surface area contributed by atoms with Crippen molar-refractivity contribution in [3.8, 4) is 0 Å². The Kier molecular flexibility index (Phi) is 8.80. The van der Waals surface area contributed by atoms with Gasteiger partial charge in [0.05, 0.1) is 0 Å². The van der Waals surface area contributed by atoms with E-state index < -0.39 is 0 Å². The van der Waals surface area contributed by atoms with Crippen molar-refractivity contribution < 1.29 is 4.79 Å². The van der Waals surface area contributed by atoms with Gasteiger partial charge in [0.1, 0.15) is 0 Å². The SMILES string of the molecule is CC(=O)c1cc(C(C)(C)C)cc(C(C)(C)C)c1.CC(C)(C)c1cc(Br)cc(C(C)(C)C)c1. The predicted octanol–water partition coefficient (Wildman–Crippen LogP) is 9.53. The van der Waals surface area contributed by atoms with Gasteiger partial charge >= 0.3 is 0 Å². The molecular weight excluding hydrogens is 456 g/mol. The zero-order valence-electron chi connectivity index (χ0n) is 22.8. The summed E-state index contributed by atoms with van der Waals surface area (Å²) in [6.07, 6.45) is 0. The van der Waals surface area contributed by atoms with Crippen molar-refractivity contribution in [2.24, 2.45) is 0 Å². The lowest BCUT2D eigenvalue weighted by molar-refractivity contribution is 0.101. The van der Waals surface area contributed by atoms with E-state index in [-0.39, 0.29) is 27.4 Å². The highest BCUT2D eigenvalue weighted by molar-refractivity contribution is 9.10. The molecule has 1 nitrogen and oxygen atoms in total. The lowest BCUT2D eigenvalue weighted by Gasteiger charge is -2.25. The van der Waals surface area contributed by atoms with E-state index in [1.165, 1.54) is 26.7 Å². The molecule has 0 unspecified atom stereocenters. The number of hydrogen-bond acceptors (Lipinski definition) is 1. The summed E-state index contributed by atoms with van der Waals surface area (Å²) in [5.74, 6) is 0.140. The molecular formula is C30H45BrO. The van der Waals surface area contributed by atoms with E-state index >= 15 is 0 Å². The fourth-order valence-electron chi connectivity index (χ4n) is 3.15. The van der Waals surface area contributed by atoms with Gasteiger partial charge in [-0.15, -0.1) is 0 Å². The van der Waals surface area contributed by atoms with Crippen LogP contribution in [0.15, 0.2) is 40.9 Å². The third-order valence-corrected chi connectivity index (χ3v) is 6.16. The van der Waals surface area contributed by atoms with E-state index in [4.69, 9.17) is 0 Å². The molecule has 0 aromatic heterocycles. The first kappa shape index (κ1) is 28.6. The Hall–Kier alpha value is -1.41. The minimum absolute atomic E-state index is 0.0749. The number of benzene rings is 2. The molecule has 0 saturated heterocycles. The first-order valence-corrected chi connectivity index (χ1v) is 12.4. The van der Waals surface area contributed by atoms with Gasteiger partial charge in [-0.25, -0.2) is 0 Å². The van der Waals surface area contributed by atoms with Crippen LogP contribution in [0.1, 0.15) is 123 Å². The van der Waals surface area contributed by atoms with Crippen LogP contribution >= 0.6 is 15.9 Å². The molecule has 0 spiro atoms. The second-order valence-corrected chi connectivity index (χ2v) is 14.0. The van der Waals surface area contributed by atoms with Crippen molar-refractivity contribution in [1.82, 2.24) is 0 Å². The molecule has 0 atom stereocenters. The maximum Gasteiger partial charge on any atom is 0.159 e. The minimum Gasteiger partial charge on any atom is -0.295 e. The summed E-state index contributed by atoms with van der Waals surface area (Å²) in [5.41, 5.74) is 6.64. The number of hydrogen-bond donors (Lipinski definition) is 0. The molecule has 0 saturated carbocycles. The zero-order chi connectivity index (χ0) is 25.3. The lowest BCUT2D eigenvalue weighted by atomic mass is 9.79. The molecule has 0 amide bonds. The molecule has 32 heavy (non-hydrogen) atoms. The van der Waals surface area contributed by atoms with Crippen molar-refractivity contribution in [3.05, 3.63) is 68.7 Å². The average Bonchev–Trinajstić information content (AvgIpc) is 2.58. The molecule has 178 valence electrons. The van der Waals surface area contributed by atoms with Gasteiger partial charge in [-0.2, -0.15) is 0 Å². The third kappa shape index (κ3) is 8.50. The summed E-state index contributed by atoms with van der Waals surface area (Å²) >= 11 is 3.60. The first-order valence-electron chi connectivity index (χ1n) is 11.6. The van der Waals surface area contributed by atoms with Gasteiger partial charge in [0.15, 0.2) is 5.78 Å². The smallest absolute Gasteiger partial charge is 0.159 e. The fraction of sp³-hybridized carbons (Fsp3) is 0.567. The van der Waals surface area contributed by atoms with E-state index in [0.717, 1.165) is 5.56 Å². The second kappa shape index (κ2) is 9.84. The number of ketones is 1. The van der Waals surface area contributed by atoms with Crippen LogP contribution < -0.4 is 0 Å². The van der Waals surface area contributed by atoms with E-state index in [2.05, 4.69) is 123 Å². The van der Waals surface area contributed by atoms with Crippen LogP contribution in [0.4, 0.5) is 0 Å². The Balaban J connectivity index is 0.000000323. The summed E-state index contributed by atoms with van der Waals surface area (Å²) in [6.45, 7) is 28.2. The summed E-state index contributed by atoms with van der Waals surface area (Å²) in [6, 6.07) is 13.0. The van der Waals surface area contributed by atoms with Crippen LogP contribution in [0.25, 0.3) is 0 Å². The topological polar surface area (TPSA) is 17.1 Å². The highest BCUT2D eigenvalue weighted by atomic mass is 79.9. The molecule has 2 aromatic rings. The quantitative estimate of drug-likeness (QED) is 0.356. The van der Waals surface area contributed by atoms with Crippen LogP contribution in [-0.2, 0) is 21.7 Å². The van der Waals surface area contributed by atoms with Crippen molar-refractivity contribution in [1.29, 1.82) is 0 Å². The van der Waals surface area contributed by atoms with E-state index in [1.807, 2.05) is 12.1 Å². The van der Waals surface area contributed by atoms with Gasteiger partial charge in [0, 0.05) is 10.0 Å². The van der Waals surface area contributed by atoms with Gasteiger partial charge in [0.2, 0.25) is 0 Å². The second-order valence-electron chi connectivity index (χ2n) is 13.1. The zero-order valence-corrected chi connectivity index (χ0v) is 24.3. The molecule has 0 N–H and O–H groups in total. The van der Waals surface area contributed by atoms with Crippen LogP contribution in [0, 0.1) is 0 Å². The Morgan fingerprint density at radius 3 is 1.00 bits per heavy atom. The minimum atomic E-state index is 0.0749. The van der Waals surface area contributed by atoms with Crippen LogP contribution in [0.2, 0.25) is 0 Å². The molecule has 0 heterocycles. The molecule has 2 aromatic carbocycles. The lowest BCUT2D eigenvalue weighted by Crippen LogP contribution is -2.17. The maximum absolute atomic E-state index is 11.6. The molecule has 0 aliphatic carbocycles. The molecule has 0 bridgehead atoms. The number of carbonyl (C=O) groups is 1. The number of rotatable bonds is 1. The van der Waals surface area contributed by atoms with Gasteiger partial charge in [-0.05, 0) is 75.1 Å². The molecule has 0 aliphatic rings. The largest absolute Gasteiger partial charge is 0.295 e. The monoisotopic (exact) mass is 500 g/mol. The third-order valence-electron chi connectivity index (χ3n) is 5.70. The van der Waals surface area contributed by atoms with Gasteiger partial charge in [-0.3, -0.25) is 4.79 Å². The number of carbonyl (C=O) groups excluding carboxylic acids is 1. The van der Waals surface area contributed by atoms with Crippen LogP contribution in [-0.4, -0.2) is 5.78 Å². The molecule has 0 radical (unpaired) electrons. The van der Waals surface area contributed by atoms with E-state index in [9.17, 15) is 4.79 Å². The first-order chi connectivity index (χ1) is 14.1. The summed E-state index contributed by atoms with van der Waals surface area (Å²) in [5, 5.41) is 0.